The molecule has 0 spiro atoms. The molecule has 2 unspecified atom stereocenters. The number of halogens is 3. The lowest BCUT2D eigenvalue weighted by atomic mass is 10.2. The fourth-order valence-corrected chi connectivity index (χ4v) is 4.83. The molecule has 3 aromatic heterocycles. The standard InChI is InChI=1S/C24H22F3N9O2/c25-24(26,27)13-35-21-19(33-34-35)22(36-17-5-6-18(36)12-38-11-17)32-20(31-21)14-1-3-15(4-2-14)29-23(37)30-16-7-9-28-10-8-16/h1-4,7-10,17-18H,5-6,11-13H2,(H2,28,29,30,37). The van der Waals surface area contributed by atoms with Crippen LogP contribution in [0.2, 0.25) is 0 Å². The zero-order chi connectivity index (χ0) is 26.3. The van der Waals surface area contributed by atoms with E-state index in [-0.39, 0.29) is 29.1 Å². The van der Waals surface area contributed by atoms with Crippen molar-refractivity contribution in [1.82, 2.24) is 29.9 Å². The second-order valence-electron chi connectivity index (χ2n) is 9.13. The van der Waals surface area contributed by atoms with Crippen LogP contribution in [0, 0.1) is 0 Å². The van der Waals surface area contributed by atoms with Crippen molar-refractivity contribution in [2.45, 2.75) is 37.6 Å². The average molecular weight is 525 g/mol. The van der Waals surface area contributed by atoms with Crippen LogP contribution in [0.25, 0.3) is 22.6 Å². The molecule has 2 N–H and O–H groups in total. The molecule has 2 atom stereocenters. The van der Waals surface area contributed by atoms with E-state index in [0.717, 1.165) is 17.5 Å². The van der Waals surface area contributed by atoms with Gasteiger partial charge in [0.2, 0.25) is 0 Å². The van der Waals surface area contributed by atoms with Crippen LogP contribution < -0.4 is 15.5 Å². The van der Waals surface area contributed by atoms with Crippen molar-refractivity contribution in [3.63, 3.8) is 0 Å². The van der Waals surface area contributed by atoms with E-state index in [1.165, 1.54) is 0 Å². The highest BCUT2D eigenvalue weighted by atomic mass is 19.4. The van der Waals surface area contributed by atoms with Gasteiger partial charge in [-0.3, -0.25) is 4.98 Å². The normalized spacial score (nSPS) is 19.1. The van der Waals surface area contributed by atoms with Gasteiger partial charge in [-0.15, -0.1) is 5.10 Å². The van der Waals surface area contributed by atoms with E-state index in [2.05, 4.69) is 35.8 Å². The van der Waals surface area contributed by atoms with Crippen LogP contribution in [0.5, 0.6) is 0 Å². The summed E-state index contributed by atoms with van der Waals surface area (Å²) in [6.45, 7) is -0.295. The van der Waals surface area contributed by atoms with E-state index in [1.54, 1.807) is 48.8 Å². The van der Waals surface area contributed by atoms with E-state index < -0.39 is 18.8 Å². The first-order chi connectivity index (χ1) is 18.3. The second kappa shape index (κ2) is 9.52. The van der Waals surface area contributed by atoms with Gasteiger partial charge in [-0.2, -0.15) is 13.2 Å². The van der Waals surface area contributed by atoms with Gasteiger partial charge in [-0.1, -0.05) is 5.21 Å². The Balaban J connectivity index is 1.32. The van der Waals surface area contributed by atoms with E-state index in [4.69, 9.17) is 9.72 Å². The number of morpholine rings is 1. The number of pyridine rings is 1. The number of anilines is 3. The third-order valence-corrected chi connectivity index (χ3v) is 6.50. The molecule has 1 aromatic carbocycles. The zero-order valence-electron chi connectivity index (χ0n) is 19.9. The highest BCUT2D eigenvalue weighted by Gasteiger charge is 2.40. The van der Waals surface area contributed by atoms with Crippen LogP contribution in [-0.4, -0.2) is 67.5 Å². The summed E-state index contributed by atoms with van der Waals surface area (Å²) < 4.78 is 46.2. The number of hydrogen-bond acceptors (Lipinski definition) is 8. The summed E-state index contributed by atoms with van der Waals surface area (Å²) in [6.07, 6.45) is 0.421. The molecule has 2 fully saturated rings. The van der Waals surface area contributed by atoms with Crippen molar-refractivity contribution in [1.29, 1.82) is 0 Å². The second-order valence-corrected chi connectivity index (χ2v) is 9.13. The number of rotatable bonds is 5. The van der Waals surface area contributed by atoms with Gasteiger partial charge >= 0.3 is 12.2 Å². The number of urea groups is 1. The molecule has 196 valence electrons. The third-order valence-electron chi connectivity index (χ3n) is 6.50. The molecule has 0 aliphatic carbocycles. The largest absolute Gasteiger partial charge is 0.408 e. The molecule has 2 bridgehead atoms. The Morgan fingerprint density at radius 3 is 2.29 bits per heavy atom. The number of amides is 2. The first-order valence-electron chi connectivity index (χ1n) is 12.0. The Morgan fingerprint density at radius 1 is 0.974 bits per heavy atom. The quantitative estimate of drug-likeness (QED) is 0.403. The number of benzene rings is 1. The summed E-state index contributed by atoms with van der Waals surface area (Å²) in [6, 6.07) is 9.71. The minimum atomic E-state index is -4.49. The Bertz CT molecular complexity index is 1450. The van der Waals surface area contributed by atoms with Crippen molar-refractivity contribution >= 4 is 34.4 Å². The fourth-order valence-electron chi connectivity index (χ4n) is 4.83. The molecule has 5 heterocycles. The summed E-state index contributed by atoms with van der Waals surface area (Å²) in [5.74, 6) is 0.685. The Hall–Kier alpha value is -4.33. The Kier molecular flexibility index (Phi) is 6.02. The highest BCUT2D eigenvalue weighted by molar-refractivity contribution is 5.99. The number of ether oxygens (including phenoxy) is 1. The molecule has 4 aromatic rings. The minimum Gasteiger partial charge on any atom is -0.377 e. The molecule has 0 radical (unpaired) electrons. The monoisotopic (exact) mass is 525 g/mol. The van der Waals surface area contributed by atoms with Crippen molar-refractivity contribution in [2.75, 3.05) is 28.7 Å². The summed E-state index contributed by atoms with van der Waals surface area (Å²) in [4.78, 5) is 27.5. The number of hydrogen-bond donors (Lipinski definition) is 2. The van der Waals surface area contributed by atoms with Crippen molar-refractivity contribution in [2.24, 2.45) is 0 Å². The molecule has 11 nitrogen and oxygen atoms in total. The maximum absolute atomic E-state index is 13.2. The maximum Gasteiger partial charge on any atom is 0.408 e. The predicted molar refractivity (Wildman–Crippen MR) is 132 cm³/mol. The summed E-state index contributed by atoms with van der Waals surface area (Å²) >= 11 is 0. The number of carbonyl (C=O) groups excluding carboxylic acids is 1. The molecular formula is C24H22F3N9O2. The van der Waals surface area contributed by atoms with Crippen LogP contribution in [0.4, 0.5) is 35.2 Å². The topological polar surface area (TPSA) is 123 Å². The number of carbonyl (C=O) groups is 1. The van der Waals surface area contributed by atoms with Gasteiger partial charge < -0.3 is 20.3 Å². The van der Waals surface area contributed by atoms with E-state index in [1.807, 2.05) is 0 Å². The van der Waals surface area contributed by atoms with E-state index in [9.17, 15) is 18.0 Å². The first kappa shape index (κ1) is 24.0. The number of fused-ring (bicyclic) bond motifs is 3. The molecule has 6 rings (SSSR count). The van der Waals surface area contributed by atoms with Crippen molar-refractivity contribution in [3.8, 4) is 11.4 Å². The summed E-state index contributed by atoms with van der Waals surface area (Å²) in [5.41, 5.74) is 1.89. The molecule has 2 amide bonds. The van der Waals surface area contributed by atoms with Crippen LogP contribution in [0.1, 0.15) is 12.8 Å². The van der Waals surface area contributed by atoms with Crippen molar-refractivity contribution < 1.29 is 22.7 Å². The predicted octanol–water partition coefficient (Wildman–Crippen LogP) is 3.86. The molecule has 0 saturated carbocycles. The molecule has 2 saturated heterocycles. The lowest BCUT2D eigenvalue weighted by Gasteiger charge is -2.35. The third kappa shape index (κ3) is 4.81. The minimum absolute atomic E-state index is 0.00662. The van der Waals surface area contributed by atoms with Gasteiger partial charge in [0, 0.05) is 29.3 Å². The first-order valence-corrected chi connectivity index (χ1v) is 12.0. The van der Waals surface area contributed by atoms with Gasteiger partial charge in [-0.25, -0.2) is 19.4 Å². The maximum atomic E-state index is 13.2. The van der Waals surface area contributed by atoms with Gasteiger partial charge in [-0.05, 0) is 49.2 Å². The van der Waals surface area contributed by atoms with Crippen LogP contribution in [0.3, 0.4) is 0 Å². The van der Waals surface area contributed by atoms with Crippen LogP contribution in [-0.2, 0) is 11.3 Å². The molecule has 2 aliphatic heterocycles. The molecular weight excluding hydrogens is 503 g/mol. The van der Waals surface area contributed by atoms with Crippen LogP contribution >= 0.6 is 0 Å². The smallest absolute Gasteiger partial charge is 0.377 e. The van der Waals surface area contributed by atoms with Crippen LogP contribution in [0.15, 0.2) is 48.8 Å². The van der Waals surface area contributed by atoms with E-state index >= 15 is 0 Å². The highest BCUT2D eigenvalue weighted by Crippen LogP contribution is 2.37. The SMILES string of the molecule is O=C(Nc1ccncc1)Nc1ccc(-c2nc(N3C4CCC3COC4)c3nnn(CC(F)(F)F)c3n2)cc1. The van der Waals surface area contributed by atoms with E-state index in [0.29, 0.717) is 36.0 Å². The number of nitrogens with zero attached hydrogens (tertiary/aromatic N) is 7. The summed E-state index contributed by atoms with van der Waals surface area (Å²) in [7, 11) is 0. The molecule has 2 aliphatic rings. The van der Waals surface area contributed by atoms with Gasteiger partial charge in [0.25, 0.3) is 0 Å². The Morgan fingerprint density at radius 2 is 1.63 bits per heavy atom. The summed E-state index contributed by atoms with van der Waals surface area (Å²) in [5, 5.41) is 13.2. The zero-order valence-corrected chi connectivity index (χ0v) is 19.9. The molecule has 14 heteroatoms. The number of alkyl halides is 3. The van der Waals surface area contributed by atoms with Gasteiger partial charge in [0.15, 0.2) is 22.8 Å². The lowest BCUT2D eigenvalue weighted by molar-refractivity contribution is -0.142. The number of aromatic nitrogens is 6. The average Bonchev–Trinajstić information content (AvgIpc) is 3.39. The van der Waals surface area contributed by atoms with Gasteiger partial charge in [0.05, 0.1) is 25.3 Å². The number of nitrogens with one attached hydrogen (secondary N) is 2. The Labute approximate surface area is 214 Å². The molecule has 38 heavy (non-hydrogen) atoms. The lowest BCUT2D eigenvalue weighted by Crippen LogP contribution is -2.46. The van der Waals surface area contributed by atoms with Crippen molar-refractivity contribution in [3.05, 3.63) is 48.8 Å². The fraction of sp³-hybridized carbons (Fsp3) is 0.333. The van der Waals surface area contributed by atoms with Gasteiger partial charge in [0.1, 0.15) is 6.54 Å².